The van der Waals surface area contributed by atoms with Gasteiger partial charge in [0.05, 0.1) is 17.0 Å². The normalized spacial score (nSPS) is 12.7. The molecule has 11 heteroatoms. The van der Waals surface area contributed by atoms with Crippen LogP contribution in [0, 0.1) is 5.92 Å². The van der Waals surface area contributed by atoms with Gasteiger partial charge in [-0.05, 0) is 30.2 Å². The van der Waals surface area contributed by atoms with E-state index >= 15 is 0 Å². The summed E-state index contributed by atoms with van der Waals surface area (Å²) in [5.41, 5.74) is 5.55. The Kier molecular flexibility index (Phi) is 6.93. The summed E-state index contributed by atoms with van der Waals surface area (Å²) in [6.45, 7) is 3.43. The van der Waals surface area contributed by atoms with Gasteiger partial charge in [0.25, 0.3) is 0 Å². The van der Waals surface area contributed by atoms with Crippen LogP contribution in [0.3, 0.4) is 0 Å². The third-order valence-electron chi connectivity index (χ3n) is 3.49. The van der Waals surface area contributed by atoms with Crippen molar-refractivity contribution in [2.24, 2.45) is 11.7 Å². The number of hydrogen-bond acceptors (Lipinski definition) is 6. The number of carbonyl (C=O) groups excluding carboxylic acids is 2. The Hall–Kier alpha value is -2.01. The number of nitrogens with two attached hydrogens (primary N) is 1. The monoisotopic (exact) mass is 430 g/mol. The van der Waals surface area contributed by atoms with E-state index in [-0.39, 0.29) is 22.4 Å². The molecular formula is C16H19ClN4O4S2. The molecule has 146 valence electrons. The number of primary amides is 1. The van der Waals surface area contributed by atoms with Crippen LogP contribution in [-0.2, 0) is 26.0 Å². The molecule has 0 spiro atoms. The maximum atomic E-state index is 12.6. The van der Waals surface area contributed by atoms with Crippen LogP contribution in [0.15, 0.2) is 34.5 Å². The maximum absolute atomic E-state index is 12.6. The molecule has 0 aliphatic heterocycles. The van der Waals surface area contributed by atoms with Crippen molar-refractivity contribution >= 4 is 49.9 Å². The maximum Gasteiger partial charge on any atom is 0.244 e. The van der Waals surface area contributed by atoms with Crippen LogP contribution in [-0.4, -0.2) is 31.3 Å². The Labute approximate surface area is 166 Å². The molecule has 4 N–H and O–H groups in total. The number of hydrogen-bond donors (Lipinski definition) is 3. The van der Waals surface area contributed by atoms with Crippen molar-refractivity contribution in [2.75, 3.05) is 5.32 Å². The Morgan fingerprint density at radius 3 is 2.44 bits per heavy atom. The smallest absolute Gasteiger partial charge is 0.244 e. The second-order valence-electron chi connectivity index (χ2n) is 6.07. The van der Waals surface area contributed by atoms with Gasteiger partial charge in [-0.25, -0.2) is 13.4 Å². The summed E-state index contributed by atoms with van der Waals surface area (Å²) in [4.78, 5) is 27.6. The van der Waals surface area contributed by atoms with Crippen LogP contribution in [0.4, 0.5) is 5.13 Å². The number of rotatable bonds is 8. The Bertz CT molecular complexity index is 926. The van der Waals surface area contributed by atoms with E-state index in [0.29, 0.717) is 10.7 Å². The topological polar surface area (TPSA) is 131 Å². The first-order valence-electron chi connectivity index (χ1n) is 7.90. The molecule has 1 atom stereocenters. The highest BCUT2D eigenvalue weighted by Gasteiger charge is 2.29. The molecule has 8 nitrogen and oxygen atoms in total. The number of thiazole rings is 1. The lowest BCUT2D eigenvalue weighted by Crippen LogP contribution is -2.47. The van der Waals surface area contributed by atoms with E-state index in [0.717, 1.165) is 11.3 Å². The van der Waals surface area contributed by atoms with Crippen molar-refractivity contribution in [3.05, 3.63) is 40.4 Å². The first-order chi connectivity index (χ1) is 12.6. The Balaban J connectivity index is 2.14. The molecule has 0 aliphatic rings. The molecule has 2 amide bonds. The van der Waals surface area contributed by atoms with Gasteiger partial charge in [-0.3, -0.25) is 9.59 Å². The number of anilines is 1. The first-order valence-corrected chi connectivity index (χ1v) is 10.6. The summed E-state index contributed by atoms with van der Waals surface area (Å²) in [5, 5.41) is 4.83. The number of amides is 2. The second kappa shape index (κ2) is 8.79. The van der Waals surface area contributed by atoms with E-state index in [9.17, 15) is 18.0 Å². The lowest BCUT2D eigenvalue weighted by Gasteiger charge is -2.21. The van der Waals surface area contributed by atoms with E-state index in [1.807, 2.05) is 0 Å². The largest absolute Gasteiger partial charge is 0.369 e. The highest BCUT2D eigenvalue weighted by molar-refractivity contribution is 7.89. The van der Waals surface area contributed by atoms with Crippen molar-refractivity contribution in [1.82, 2.24) is 9.71 Å². The molecule has 27 heavy (non-hydrogen) atoms. The van der Waals surface area contributed by atoms with Crippen molar-refractivity contribution in [1.29, 1.82) is 0 Å². The summed E-state index contributed by atoms with van der Waals surface area (Å²) in [6, 6.07) is 4.61. The number of nitrogens with zero attached hydrogens (tertiary/aromatic N) is 1. The number of aromatic nitrogens is 1. The summed E-state index contributed by atoms with van der Waals surface area (Å²) in [6.07, 6.45) is -0.0385. The van der Waals surface area contributed by atoms with Crippen molar-refractivity contribution < 1.29 is 18.0 Å². The van der Waals surface area contributed by atoms with Crippen LogP contribution >= 0.6 is 22.9 Å². The van der Waals surface area contributed by atoms with Gasteiger partial charge in [0, 0.05) is 10.4 Å². The molecule has 0 saturated heterocycles. The SMILES string of the molecule is CC(C)[C@H](NS(=O)(=O)c1ccc(Cl)cc1)C(=O)Nc1nc(CC(N)=O)cs1. The number of halogens is 1. The van der Waals surface area contributed by atoms with E-state index in [1.54, 1.807) is 19.2 Å². The van der Waals surface area contributed by atoms with Gasteiger partial charge >= 0.3 is 0 Å². The summed E-state index contributed by atoms with van der Waals surface area (Å²) in [7, 11) is -3.92. The van der Waals surface area contributed by atoms with Gasteiger partial charge < -0.3 is 11.1 Å². The fourth-order valence-corrected chi connectivity index (χ4v) is 4.33. The fourth-order valence-electron chi connectivity index (χ4n) is 2.15. The Morgan fingerprint density at radius 1 is 1.26 bits per heavy atom. The zero-order chi connectivity index (χ0) is 20.2. The molecule has 0 fully saturated rings. The van der Waals surface area contributed by atoms with Crippen LogP contribution in [0.2, 0.25) is 5.02 Å². The highest BCUT2D eigenvalue weighted by Crippen LogP contribution is 2.19. The average molecular weight is 431 g/mol. The van der Waals surface area contributed by atoms with E-state index in [2.05, 4.69) is 15.0 Å². The summed E-state index contributed by atoms with van der Waals surface area (Å²) < 4.78 is 27.5. The molecule has 1 heterocycles. The fraction of sp³-hybridized carbons (Fsp3) is 0.312. The van der Waals surface area contributed by atoms with Gasteiger partial charge in [-0.15, -0.1) is 11.3 Å². The van der Waals surface area contributed by atoms with Gasteiger partial charge in [0.1, 0.15) is 6.04 Å². The van der Waals surface area contributed by atoms with Gasteiger partial charge in [0.15, 0.2) is 5.13 Å². The molecule has 1 aromatic carbocycles. The van der Waals surface area contributed by atoms with Crippen LogP contribution < -0.4 is 15.8 Å². The van der Waals surface area contributed by atoms with Crippen molar-refractivity contribution in [3.8, 4) is 0 Å². The molecule has 0 unspecified atom stereocenters. The van der Waals surface area contributed by atoms with E-state index in [1.165, 1.54) is 24.3 Å². The van der Waals surface area contributed by atoms with Crippen molar-refractivity contribution in [2.45, 2.75) is 31.2 Å². The van der Waals surface area contributed by atoms with Gasteiger partial charge in [0.2, 0.25) is 21.8 Å². The van der Waals surface area contributed by atoms with Gasteiger partial charge in [-0.2, -0.15) is 4.72 Å². The lowest BCUT2D eigenvalue weighted by atomic mass is 10.1. The van der Waals surface area contributed by atoms with Crippen LogP contribution in [0.1, 0.15) is 19.5 Å². The summed E-state index contributed by atoms with van der Waals surface area (Å²) >= 11 is 6.90. The van der Waals surface area contributed by atoms with E-state index < -0.39 is 27.9 Å². The predicted molar refractivity (Wildman–Crippen MR) is 104 cm³/mol. The Morgan fingerprint density at radius 2 is 1.89 bits per heavy atom. The molecule has 0 saturated carbocycles. The molecule has 2 aromatic rings. The third kappa shape index (κ3) is 5.99. The zero-order valence-corrected chi connectivity index (χ0v) is 17.0. The number of carbonyl (C=O) groups is 2. The van der Waals surface area contributed by atoms with Crippen LogP contribution in [0.5, 0.6) is 0 Å². The standard InChI is InChI=1S/C16H19ClN4O4S2/c1-9(2)14(21-27(24,25)12-5-3-10(17)4-6-12)15(23)20-16-19-11(8-26-16)7-13(18)22/h3-6,8-9,14,21H,7H2,1-2H3,(H2,18,22)(H,19,20,23)/t14-/m0/s1. The molecule has 2 rings (SSSR count). The number of sulfonamides is 1. The minimum Gasteiger partial charge on any atom is -0.369 e. The highest BCUT2D eigenvalue weighted by atomic mass is 35.5. The summed E-state index contributed by atoms with van der Waals surface area (Å²) in [5.74, 6) is -1.41. The minimum absolute atomic E-state index is 0.00310. The quantitative estimate of drug-likeness (QED) is 0.587. The van der Waals surface area contributed by atoms with E-state index in [4.69, 9.17) is 17.3 Å². The van der Waals surface area contributed by atoms with Crippen LogP contribution in [0.25, 0.3) is 0 Å². The molecule has 0 bridgehead atoms. The minimum atomic E-state index is -3.92. The molecule has 1 aromatic heterocycles. The second-order valence-corrected chi connectivity index (χ2v) is 9.08. The average Bonchev–Trinajstić information content (AvgIpc) is 2.98. The van der Waals surface area contributed by atoms with Crippen molar-refractivity contribution in [3.63, 3.8) is 0 Å². The van der Waals surface area contributed by atoms with Gasteiger partial charge in [-0.1, -0.05) is 25.4 Å². The number of nitrogens with one attached hydrogen (secondary N) is 2. The zero-order valence-electron chi connectivity index (χ0n) is 14.6. The molecule has 0 radical (unpaired) electrons. The predicted octanol–water partition coefficient (Wildman–Crippen LogP) is 1.77. The number of benzene rings is 1. The molecule has 0 aliphatic carbocycles. The first kappa shape index (κ1) is 21.3. The lowest BCUT2D eigenvalue weighted by molar-refractivity contribution is -0.119. The molecular weight excluding hydrogens is 412 g/mol. The third-order valence-corrected chi connectivity index (χ3v) is 6.01.